The first-order chi connectivity index (χ1) is 13.3. The van der Waals surface area contributed by atoms with Gasteiger partial charge in [-0.15, -0.1) is 0 Å². The van der Waals surface area contributed by atoms with Gasteiger partial charge in [0.25, 0.3) is 0 Å². The number of benzene rings is 1. The molecule has 1 heterocycles. The smallest absolute Gasteiger partial charge is 0.319 e. The third kappa shape index (κ3) is 3.98. The molecule has 154 valence electrons. The van der Waals surface area contributed by atoms with E-state index in [1.165, 1.54) is 19.2 Å². The van der Waals surface area contributed by atoms with E-state index in [9.17, 15) is 18.3 Å². The molecule has 1 saturated heterocycles. The van der Waals surface area contributed by atoms with Crippen molar-refractivity contribution in [2.45, 2.75) is 42.1 Å². The van der Waals surface area contributed by atoms with Crippen LogP contribution in [0.5, 0.6) is 5.75 Å². The fourth-order valence-electron chi connectivity index (χ4n) is 3.44. The summed E-state index contributed by atoms with van der Waals surface area (Å²) in [6.45, 7) is 1.99. The van der Waals surface area contributed by atoms with Crippen LogP contribution in [0.25, 0.3) is 0 Å². The Morgan fingerprint density at radius 3 is 2.75 bits per heavy atom. The second-order valence-electron chi connectivity index (χ2n) is 6.84. The fraction of sp³-hybridized carbons (Fsp3) is 0.500. The average Bonchev–Trinajstić information content (AvgIpc) is 3.27. The first-order valence-electron chi connectivity index (χ1n) is 8.85. The number of phenolic OH excluding ortho intramolecular Hbond substituents is 1. The Morgan fingerprint density at radius 2 is 2.11 bits per heavy atom. The first-order valence-corrected chi connectivity index (χ1v) is 10.8. The van der Waals surface area contributed by atoms with Gasteiger partial charge < -0.3 is 25.2 Å². The number of carbonyl (C=O) groups excluding carboxylic acids is 1. The van der Waals surface area contributed by atoms with E-state index in [2.05, 4.69) is 10.6 Å². The molecule has 0 radical (unpaired) electrons. The van der Waals surface area contributed by atoms with Gasteiger partial charge >= 0.3 is 6.03 Å². The van der Waals surface area contributed by atoms with E-state index in [0.717, 1.165) is 18.4 Å². The molecule has 2 amide bonds. The molecule has 1 aromatic carbocycles. The summed E-state index contributed by atoms with van der Waals surface area (Å²) in [6.07, 6.45) is 3.06. The molecule has 3 rings (SSSR count). The predicted molar refractivity (Wildman–Crippen MR) is 105 cm³/mol. The molecule has 3 atom stereocenters. The molecular formula is C18H23ClN2O6S. The van der Waals surface area contributed by atoms with E-state index in [-0.39, 0.29) is 30.0 Å². The van der Waals surface area contributed by atoms with E-state index in [0.29, 0.717) is 0 Å². The number of nitrogens with one attached hydrogen (secondary N) is 2. The zero-order valence-corrected chi connectivity index (χ0v) is 17.1. The van der Waals surface area contributed by atoms with Crippen molar-refractivity contribution in [3.05, 3.63) is 28.8 Å². The van der Waals surface area contributed by atoms with Crippen LogP contribution in [0.3, 0.4) is 0 Å². The summed E-state index contributed by atoms with van der Waals surface area (Å²) in [7, 11) is -2.67. The minimum absolute atomic E-state index is 0.0482. The molecule has 8 nitrogen and oxygen atoms in total. The molecule has 0 aromatic heterocycles. The maximum Gasteiger partial charge on any atom is 0.319 e. The standard InChI is InChI=1S/C18H23ClN2O6S/c1-10-4-3-5-12(10)20-18(23)21-13-7-6-11(19)17(16(13)22)28(24,25)15-9-27-8-14(15)26-2/h4,6-7,12,14-15,22H,3,5,8-9H2,1-2H3,(H2,20,21,23)/t12-,14+,15-/m1/s1. The number of carbonyl (C=O) groups is 1. The lowest BCUT2D eigenvalue weighted by atomic mass is 10.2. The summed E-state index contributed by atoms with van der Waals surface area (Å²) >= 11 is 6.09. The molecule has 1 aromatic rings. The van der Waals surface area contributed by atoms with Crippen molar-refractivity contribution < 1.29 is 27.8 Å². The highest BCUT2D eigenvalue weighted by molar-refractivity contribution is 7.92. The number of urea groups is 1. The quantitative estimate of drug-likeness (QED) is 0.488. The van der Waals surface area contributed by atoms with Crippen LogP contribution in [0.1, 0.15) is 19.8 Å². The third-order valence-corrected chi connectivity index (χ3v) is 7.72. The monoisotopic (exact) mass is 430 g/mol. The van der Waals surface area contributed by atoms with E-state index in [1.54, 1.807) is 0 Å². The van der Waals surface area contributed by atoms with Crippen molar-refractivity contribution in [3.63, 3.8) is 0 Å². The van der Waals surface area contributed by atoms with E-state index < -0.39 is 37.9 Å². The molecule has 1 aliphatic heterocycles. The van der Waals surface area contributed by atoms with Crippen molar-refractivity contribution in [1.82, 2.24) is 5.32 Å². The van der Waals surface area contributed by atoms with Gasteiger partial charge in [0.05, 0.1) is 36.1 Å². The Balaban J connectivity index is 1.86. The Labute approximate surface area is 168 Å². The zero-order chi connectivity index (χ0) is 20.5. The Bertz CT molecular complexity index is 902. The Morgan fingerprint density at radius 1 is 1.36 bits per heavy atom. The van der Waals surface area contributed by atoms with Gasteiger partial charge in [0.15, 0.2) is 15.6 Å². The minimum Gasteiger partial charge on any atom is -0.504 e. The summed E-state index contributed by atoms with van der Waals surface area (Å²) in [5, 5.41) is 14.7. The van der Waals surface area contributed by atoms with Gasteiger partial charge in [-0.25, -0.2) is 13.2 Å². The molecule has 10 heteroatoms. The van der Waals surface area contributed by atoms with Crippen molar-refractivity contribution in [2.24, 2.45) is 0 Å². The summed E-state index contributed by atoms with van der Waals surface area (Å²) in [4.78, 5) is 11.8. The Kier molecular flexibility index (Phi) is 6.18. The molecular weight excluding hydrogens is 408 g/mol. The number of halogens is 1. The van der Waals surface area contributed by atoms with E-state index in [1.807, 2.05) is 13.0 Å². The number of aromatic hydroxyl groups is 1. The highest BCUT2D eigenvalue weighted by Crippen LogP contribution is 2.40. The predicted octanol–water partition coefficient (Wildman–Crippen LogP) is 2.46. The van der Waals surface area contributed by atoms with Gasteiger partial charge in [0.1, 0.15) is 10.1 Å². The number of phenols is 1. The second-order valence-corrected chi connectivity index (χ2v) is 9.36. The lowest BCUT2D eigenvalue weighted by Gasteiger charge is -2.20. The lowest BCUT2D eigenvalue weighted by molar-refractivity contribution is 0.0829. The summed E-state index contributed by atoms with van der Waals surface area (Å²) < 4.78 is 36.5. The molecule has 2 aliphatic rings. The summed E-state index contributed by atoms with van der Waals surface area (Å²) in [5.41, 5.74) is 1.01. The van der Waals surface area contributed by atoms with Crippen LogP contribution >= 0.6 is 11.6 Å². The molecule has 0 unspecified atom stereocenters. The van der Waals surface area contributed by atoms with Crippen LogP contribution in [0, 0.1) is 0 Å². The van der Waals surface area contributed by atoms with E-state index >= 15 is 0 Å². The Hall–Kier alpha value is -1.81. The molecule has 1 aliphatic carbocycles. The van der Waals surface area contributed by atoms with E-state index in [4.69, 9.17) is 21.1 Å². The number of ether oxygens (including phenoxy) is 2. The topological polar surface area (TPSA) is 114 Å². The first kappa shape index (κ1) is 20.9. The van der Waals surface area contributed by atoms with Crippen LogP contribution < -0.4 is 10.6 Å². The van der Waals surface area contributed by atoms with Crippen LogP contribution in [-0.4, -0.2) is 57.3 Å². The zero-order valence-electron chi connectivity index (χ0n) is 15.6. The highest BCUT2D eigenvalue weighted by Gasteiger charge is 2.42. The third-order valence-electron chi connectivity index (χ3n) is 5.07. The minimum atomic E-state index is -4.06. The number of anilines is 1. The fourth-order valence-corrected chi connectivity index (χ4v) is 5.81. The van der Waals surface area contributed by atoms with Gasteiger partial charge in [0.2, 0.25) is 0 Å². The highest BCUT2D eigenvalue weighted by atomic mass is 35.5. The van der Waals surface area contributed by atoms with Gasteiger partial charge in [-0.05, 0) is 31.9 Å². The van der Waals surface area contributed by atoms with Crippen LogP contribution in [0.2, 0.25) is 5.02 Å². The van der Waals surface area contributed by atoms with Crippen molar-refractivity contribution in [1.29, 1.82) is 0 Å². The number of hydrogen-bond donors (Lipinski definition) is 3. The van der Waals surface area contributed by atoms with Crippen molar-refractivity contribution in [2.75, 3.05) is 25.6 Å². The maximum atomic E-state index is 13.1. The van der Waals surface area contributed by atoms with Gasteiger partial charge in [0, 0.05) is 7.11 Å². The number of amides is 2. The van der Waals surface area contributed by atoms with Gasteiger partial charge in [-0.1, -0.05) is 23.3 Å². The van der Waals surface area contributed by atoms with Crippen molar-refractivity contribution >= 4 is 33.2 Å². The molecule has 0 spiro atoms. The van der Waals surface area contributed by atoms with Crippen LogP contribution in [0.15, 0.2) is 28.7 Å². The normalized spacial score (nSPS) is 24.8. The number of allylic oxidation sites excluding steroid dienone is 1. The molecule has 0 bridgehead atoms. The number of hydrogen-bond acceptors (Lipinski definition) is 6. The van der Waals surface area contributed by atoms with Crippen LogP contribution in [0.4, 0.5) is 10.5 Å². The number of methoxy groups -OCH3 is 1. The summed E-state index contributed by atoms with van der Waals surface area (Å²) in [6, 6.07) is 2.05. The second kappa shape index (κ2) is 8.28. The van der Waals surface area contributed by atoms with Crippen molar-refractivity contribution in [3.8, 4) is 5.75 Å². The summed E-state index contributed by atoms with van der Waals surface area (Å²) in [5.74, 6) is -0.608. The van der Waals surface area contributed by atoms with Crippen LogP contribution in [-0.2, 0) is 19.3 Å². The van der Waals surface area contributed by atoms with Gasteiger partial charge in [-0.2, -0.15) is 0 Å². The molecule has 0 saturated carbocycles. The van der Waals surface area contributed by atoms with Gasteiger partial charge in [-0.3, -0.25) is 0 Å². The largest absolute Gasteiger partial charge is 0.504 e. The number of rotatable bonds is 5. The molecule has 3 N–H and O–H groups in total. The maximum absolute atomic E-state index is 13.1. The molecule has 28 heavy (non-hydrogen) atoms. The SMILES string of the molecule is CO[C@H]1COC[C@H]1S(=O)(=O)c1c(Cl)ccc(NC(=O)N[C@@H]2CCC=C2C)c1O. The lowest BCUT2D eigenvalue weighted by Crippen LogP contribution is -2.37. The molecule has 1 fully saturated rings. The average molecular weight is 431 g/mol. The number of sulfone groups is 1.